The maximum atomic E-state index is 13.4. The number of hydrogen-bond acceptors (Lipinski definition) is 7. The first-order valence-electron chi connectivity index (χ1n) is 12.3. The molecule has 0 fully saturated rings. The number of fused-ring (bicyclic) bond motifs is 1. The molecule has 2 heterocycles. The number of ether oxygens (including phenoxy) is 3. The fourth-order valence-corrected chi connectivity index (χ4v) is 4.30. The van der Waals surface area contributed by atoms with Crippen LogP contribution in [0.25, 0.3) is 0 Å². The molecule has 10 nitrogen and oxygen atoms in total. The van der Waals surface area contributed by atoms with Gasteiger partial charge in [-0.05, 0) is 30.7 Å². The topological polar surface area (TPSA) is 110 Å². The molecule has 1 aliphatic rings. The first-order chi connectivity index (χ1) is 17.7. The molecule has 1 aromatic carbocycles. The van der Waals surface area contributed by atoms with Crippen LogP contribution in [-0.4, -0.2) is 92.2 Å². The summed E-state index contributed by atoms with van der Waals surface area (Å²) in [4.78, 5) is 46.3. The van der Waals surface area contributed by atoms with Crippen LogP contribution in [0.4, 0.5) is 5.69 Å². The van der Waals surface area contributed by atoms with Crippen molar-refractivity contribution < 1.29 is 28.6 Å². The van der Waals surface area contributed by atoms with Crippen molar-refractivity contribution in [3.8, 4) is 5.75 Å². The Morgan fingerprint density at radius 1 is 1.19 bits per heavy atom. The van der Waals surface area contributed by atoms with E-state index >= 15 is 0 Å². The van der Waals surface area contributed by atoms with Gasteiger partial charge in [-0.3, -0.25) is 19.4 Å². The minimum Gasteiger partial charge on any atom is -0.491 e. The number of benzene rings is 1. The molecule has 3 atom stereocenters. The third-order valence-electron chi connectivity index (χ3n) is 6.40. The van der Waals surface area contributed by atoms with Gasteiger partial charge >= 0.3 is 0 Å². The number of carbonyl (C=O) groups is 3. The molecule has 3 rings (SSSR count). The summed E-state index contributed by atoms with van der Waals surface area (Å²) in [5.74, 6) is -0.319. The number of likely N-dealkylation sites (N-methyl/N-ethyl adjacent to an activating group) is 1. The van der Waals surface area contributed by atoms with Crippen LogP contribution in [0.3, 0.4) is 0 Å². The summed E-state index contributed by atoms with van der Waals surface area (Å²) in [6.45, 7) is 4.76. The molecule has 10 heteroatoms. The molecule has 200 valence electrons. The van der Waals surface area contributed by atoms with Crippen LogP contribution >= 0.6 is 0 Å². The van der Waals surface area contributed by atoms with Gasteiger partial charge in [0.25, 0.3) is 5.91 Å². The highest BCUT2D eigenvalue weighted by Crippen LogP contribution is 2.27. The van der Waals surface area contributed by atoms with Gasteiger partial charge in [0.05, 0.1) is 24.1 Å². The molecule has 0 radical (unpaired) electrons. The second-order valence-electron chi connectivity index (χ2n) is 9.37. The Hall–Kier alpha value is -3.50. The number of nitrogens with one attached hydrogen (secondary N) is 1. The van der Waals surface area contributed by atoms with E-state index in [1.807, 2.05) is 26.0 Å². The molecular formula is C27H36N4O6. The molecule has 37 heavy (non-hydrogen) atoms. The van der Waals surface area contributed by atoms with Gasteiger partial charge in [0.1, 0.15) is 19.0 Å². The first-order valence-corrected chi connectivity index (χ1v) is 12.3. The summed E-state index contributed by atoms with van der Waals surface area (Å²) in [7, 11) is 4.76. The summed E-state index contributed by atoms with van der Waals surface area (Å²) in [6.07, 6.45) is 3.29. The van der Waals surface area contributed by atoms with Crippen molar-refractivity contribution in [2.24, 2.45) is 5.92 Å². The van der Waals surface area contributed by atoms with Crippen molar-refractivity contribution in [2.75, 3.05) is 52.9 Å². The third kappa shape index (κ3) is 7.50. The van der Waals surface area contributed by atoms with Crippen molar-refractivity contribution >= 4 is 23.4 Å². The zero-order valence-corrected chi connectivity index (χ0v) is 22.1. The average molecular weight is 513 g/mol. The molecule has 0 saturated heterocycles. The van der Waals surface area contributed by atoms with Crippen molar-refractivity contribution in [3.63, 3.8) is 0 Å². The van der Waals surface area contributed by atoms with Crippen molar-refractivity contribution in [2.45, 2.75) is 32.4 Å². The van der Waals surface area contributed by atoms with Crippen LogP contribution in [0.1, 0.15) is 29.8 Å². The molecule has 1 aliphatic heterocycles. The lowest BCUT2D eigenvalue weighted by Gasteiger charge is -2.36. The molecule has 3 amide bonds. The summed E-state index contributed by atoms with van der Waals surface area (Å²) in [6, 6.07) is 8.28. The fraction of sp³-hybridized carbons (Fsp3) is 0.481. The maximum Gasteiger partial charge on any atom is 0.257 e. The SMILES string of the molecule is COCC(=O)Nc1ccc2c(c1)OC[C@H](C)N(C(=O)Cc1cccnc1)C[C@H](C)[C@H](OC)CN(C)C2=O. The van der Waals surface area contributed by atoms with Gasteiger partial charge in [-0.2, -0.15) is 0 Å². The zero-order chi connectivity index (χ0) is 26.9. The van der Waals surface area contributed by atoms with Crippen LogP contribution in [0.2, 0.25) is 0 Å². The minimum absolute atomic E-state index is 0.0437. The number of aromatic nitrogens is 1. The van der Waals surface area contributed by atoms with Crippen molar-refractivity contribution in [1.29, 1.82) is 0 Å². The minimum atomic E-state index is -0.323. The van der Waals surface area contributed by atoms with E-state index in [9.17, 15) is 14.4 Å². The Labute approximate surface area is 217 Å². The van der Waals surface area contributed by atoms with Crippen LogP contribution in [0.15, 0.2) is 42.7 Å². The van der Waals surface area contributed by atoms with Gasteiger partial charge in [-0.25, -0.2) is 0 Å². The number of rotatable bonds is 6. The lowest BCUT2D eigenvalue weighted by atomic mass is 10.0. The van der Waals surface area contributed by atoms with Gasteiger partial charge in [-0.1, -0.05) is 13.0 Å². The van der Waals surface area contributed by atoms with Crippen LogP contribution in [0.5, 0.6) is 5.75 Å². The van der Waals surface area contributed by atoms with Crippen molar-refractivity contribution in [1.82, 2.24) is 14.8 Å². The van der Waals surface area contributed by atoms with Gasteiger partial charge in [0.15, 0.2) is 0 Å². The highest BCUT2D eigenvalue weighted by Gasteiger charge is 2.30. The standard InChI is InChI=1S/C27H36N4O6/c1-18-14-31(26(33)11-20-7-6-10-28-13-20)19(2)16-37-23-12-21(29-25(32)17-35-4)8-9-22(23)27(34)30(3)15-24(18)36-5/h6-10,12-13,18-19,24H,11,14-17H2,1-5H3,(H,29,32)/t18-,19-,24+/m0/s1. The summed E-state index contributed by atoms with van der Waals surface area (Å²) >= 11 is 0. The normalized spacial score (nSPS) is 20.8. The predicted octanol–water partition coefficient (Wildman–Crippen LogP) is 2.24. The van der Waals surface area contributed by atoms with E-state index in [0.29, 0.717) is 30.1 Å². The second-order valence-corrected chi connectivity index (χ2v) is 9.37. The molecule has 2 aromatic rings. The monoisotopic (exact) mass is 512 g/mol. The van der Waals surface area contributed by atoms with E-state index in [2.05, 4.69) is 10.3 Å². The van der Waals surface area contributed by atoms with E-state index in [-0.39, 0.29) is 55.4 Å². The van der Waals surface area contributed by atoms with Gasteiger partial charge < -0.3 is 29.3 Å². The summed E-state index contributed by atoms with van der Waals surface area (Å²) in [5, 5.41) is 2.73. The van der Waals surface area contributed by atoms with Crippen LogP contribution in [0, 0.1) is 5.92 Å². The number of hydrogen-bond donors (Lipinski definition) is 1. The van der Waals surface area contributed by atoms with E-state index in [1.54, 1.807) is 54.6 Å². The van der Waals surface area contributed by atoms with E-state index in [4.69, 9.17) is 14.2 Å². The largest absolute Gasteiger partial charge is 0.491 e. The molecule has 0 spiro atoms. The number of nitrogens with zero attached hydrogens (tertiary/aromatic N) is 3. The molecule has 1 aromatic heterocycles. The highest BCUT2D eigenvalue weighted by molar-refractivity contribution is 5.98. The third-order valence-corrected chi connectivity index (χ3v) is 6.40. The smallest absolute Gasteiger partial charge is 0.257 e. The molecule has 0 saturated carbocycles. The van der Waals surface area contributed by atoms with Gasteiger partial charge in [-0.15, -0.1) is 0 Å². The molecule has 0 bridgehead atoms. The zero-order valence-electron chi connectivity index (χ0n) is 22.1. The molecular weight excluding hydrogens is 476 g/mol. The van der Waals surface area contributed by atoms with Gasteiger partial charge in [0, 0.05) is 64.4 Å². The maximum absolute atomic E-state index is 13.4. The number of pyridine rings is 1. The number of amides is 3. The number of carbonyl (C=O) groups excluding carboxylic acids is 3. The van der Waals surface area contributed by atoms with E-state index in [1.165, 1.54) is 7.11 Å². The molecule has 0 aliphatic carbocycles. The van der Waals surface area contributed by atoms with Crippen molar-refractivity contribution in [3.05, 3.63) is 53.9 Å². The van der Waals surface area contributed by atoms with E-state index in [0.717, 1.165) is 5.56 Å². The first kappa shape index (κ1) is 28.1. The Morgan fingerprint density at radius 2 is 1.97 bits per heavy atom. The van der Waals surface area contributed by atoms with E-state index < -0.39 is 0 Å². The number of methoxy groups -OCH3 is 2. The molecule has 0 unspecified atom stereocenters. The Morgan fingerprint density at radius 3 is 2.65 bits per heavy atom. The van der Waals surface area contributed by atoms with Crippen LogP contribution in [-0.2, 0) is 25.5 Å². The highest BCUT2D eigenvalue weighted by atomic mass is 16.5. The number of anilines is 1. The Kier molecular flexibility index (Phi) is 9.99. The Balaban J connectivity index is 1.93. The predicted molar refractivity (Wildman–Crippen MR) is 138 cm³/mol. The summed E-state index contributed by atoms with van der Waals surface area (Å²) < 4.78 is 16.7. The summed E-state index contributed by atoms with van der Waals surface area (Å²) in [5.41, 5.74) is 1.66. The average Bonchev–Trinajstić information content (AvgIpc) is 2.88. The molecule has 1 N–H and O–H groups in total. The quantitative estimate of drug-likeness (QED) is 0.632. The fourth-order valence-electron chi connectivity index (χ4n) is 4.30. The second kappa shape index (κ2) is 13.2. The Bertz CT molecular complexity index is 1080. The lowest BCUT2D eigenvalue weighted by molar-refractivity contribution is -0.134. The van der Waals surface area contributed by atoms with Crippen LogP contribution < -0.4 is 10.1 Å². The van der Waals surface area contributed by atoms with Gasteiger partial charge in [0.2, 0.25) is 11.8 Å². The lowest BCUT2D eigenvalue weighted by Crippen LogP contribution is -2.49.